The van der Waals surface area contributed by atoms with Crippen LogP contribution in [0.1, 0.15) is 18.9 Å². The van der Waals surface area contributed by atoms with Gasteiger partial charge in [-0.3, -0.25) is 0 Å². The molecule has 2 nitrogen and oxygen atoms in total. The highest BCUT2D eigenvalue weighted by Gasteiger charge is 2.15. The maximum Gasteiger partial charge on any atom is 0.124 e. The van der Waals surface area contributed by atoms with Gasteiger partial charge in [0.1, 0.15) is 10.8 Å². The van der Waals surface area contributed by atoms with E-state index in [-0.39, 0.29) is 10.8 Å². The van der Waals surface area contributed by atoms with Crippen LogP contribution in [0.25, 0.3) is 0 Å². The highest BCUT2D eigenvalue weighted by molar-refractivity contribution is 7.98. The third-order valence-corrected chi connectivity index (χ3v) is 3.87. The average molecular weight is 286 g/mol. The molecule has 0 heterocycles. The number of hydrogen-bond donors (Lipinski definition) is 1. The van der Waals surface area contributed by atoms with Gasteiger partial charge in [0.25, 0.3) is 0 Å². The molecule has 0 aliphatic heterocycles. The van der Waals surface area contributed by atoms with Crippen molar-refractivity contribution in [2.24, 2.45) is 5.73 Å². The summed E-state index contributed by atoms with van der Waals surface area (Å²) in [6, 6.07) is 4.93. The first kappa shape index (κ1) is 15.2. The molecule has 1 rings (SSSR count). The summed E-state index contributed by atoms with van der Waals surface area (Å²) in [6.07, 6.45) is 3.15. The first-order valence-corrected chi connectivity index (χ1v) is 7.58. The number of thiocarbonyl (C=S) groups is 1. The molecule has 1 aromatic rings. The molecule has 1 atom stereocenters. The molecule has 0 aromatic heterocycles. The molecule has 0 radical (unpaired) electrons. The fraction of sp³-hybridized carbons (Fsp3) is 0.462. The summed E-state index contributed by atoms with van der Waals surface area (Å²) in [6.45, 7) is 2.14. The molecule has 0 aliphatic rings. The van der Waals surface area contributed by atoms with Crippen molar-refractivity contribution in [3.05, 3.63) is 29.6 Å². The molecule has 5 heteroatoms. The molecule has 2 N–H and O–H groups in total. The smallest absolute Gasteiger partial charge is 0.124 e. The molecule has 0 amide bonds. The third kappa shape index (κ3) is 3.85. The van der Waals surface area contributed by atoms with E-state index >= 15 is 0 Å². The SMILES string of the molecule is CSCCC(C)N(C)c1ccc(F)cc1C(N)=S. The second-order valence-corrected chi connectivity index (χ2v) is 5.69. The molecule has 0 saturated heterocycles. The quantitative estimate of drug-likeness (QED) is 0.814. The number of anilines is 1. The fourth-order valence-corrected chi connectivity index (χ4v) is 2.47. The molecule has 1 aromatic carbocycles. The van der Waals surface area contributed by atoms with Gasteiger partial charge in [0.05, 0.1) is 0 Å². The lowest BCUT2D eigenvalue weighted by Crippen LogP contribution is -2.31. The van der Waals surface area contributed by atoms with Crippen molar-refractivity contribution in [1.82, 2.24) is 0 Å². The van der Waals surface area contributed by atoms with Crippen LogP contribution >= 0.6 is 24.0 Å². The molecule has 0 fully saturated rings. The zero-order valence-corrected chi connectivity index (χ0v) is 12.6. The van der Waals surface area contributed by atoms with Gasteiger partial charge in [-0.2, -0.15) is 11.8 Å². The van der Waals surface area contributed by atoms with Crippen LogP contribution in [-0.4, -0.2) is 30.1 Å². The van der Waals surface area contributed by atoms with E-state index in [0.717, 1.165) is 17.9 Å². The standard InChI is InChI=1S/C13H19FN2S2/c1-9(6-7-18-3)16(2)12-5-4-10(14)8-11(12)13(15)17/h4-5,8-9H,6-7H2,1-3H3,(H2,15,17). The van der Waals surface area contributed by atoms with Crippen LogP contribution in [0.2, 0.25) is 0 Å². The maximum atomic E-state index is 13.2. The molecule has 0 spiro atoms. The Morgan fingerprint density at radius 1 is 1.56 bits per heavy atom. The van der Waals surface area contributed by atoms with E-state index in [2.05, 4.69) is 18.1 Å². The Labute approximate surface area is 118 Å². The number of hydrogen-bond acceptors (Lipinski definition) is 3. The van der Waals surface area contributed by atoms with Crippen molar-refractivity contribution < 1.29 is 4.39 Å². The van der Waals surface area contributed by atoms with Gasteiger partial charge in [-0.1, -0.05) is 12.2 Å². The zero-order chi connectivity index (χ0) is 13.7. The van der Waals surface area contributed by atoms with E-state index in [1.165, 1.54) is 12.1 Å². The number of thioether (sulfide) groups is 1. The lowest BCUT2D eigenvalue weighted by molar-refractivity contribution is 0.625. The highest BCUT2D eigenvalue weighted by Crippen LogP contribution is 2.23. The van der Waals surface area contributed by atoms with E-state index in [9.17, 15) is 4.39 Å². The van der Waals surface area contributed by atoms with Gasteiger partial charge < -0.3 is 10.6 Å². The Balaban J connectivity index is 2.97. The van der Waals surface area contributed by atoms with Gasteiger partial charge in [-0.05, 0) is 43.6 Å². The zero-order valence-electron chi connectivity index (χ0n) is 10.9. The van der Waals surface area contributed by atoms with Crippen molar-refractivity contribution in [2.45, 2.75) is 19.4 Å². The number of nitrogens with two attached hydrogens (primary N) is 1. The number of rotatable bonds is 6. The minimum atomic E-state index is -0.313. The van der Waals surface area contributed by atoms with Crippen molar-refractivity contribution in [3.8, 4) is 0 Å². The molecule has 0 aliphatic carbocycles. The largest absolute Gasteiger partial charge is 0.389 e. The van der Waals surface area contributed by atoms with Gasteiger partial charge in [0, 0.05) is 24.3 Å². The Kier molecular flexibility index (Phi) is 5.88. The van der Waals surface area contributed by atoms with Crippen molar-refractivity contribution >= 4 is 34.7 Å². The molecule has 18 heavy (non-hydrogen) atoms. The summed E-state index contributed by atoms with van der Waals surface area (Å²) in [5.41, 5.74) is 7.14. The lowest BCUT2D eigenvalue weighted by Gasteiger charge is -2.28. The first-order valence-electron chi connectivity index (χ1n) is 5.78. The molecular formula is C13H19FN2S2. The van der Waals surface area contributed by atoms with Gasteiger partial charge in [-0.25, -0.2) is 4.39 Å². The Hall–Kier alpha value is -0.810. The molecule has 100 valence electrons. The molecule has 1 unspecified atom stereocenters. The summed E-state index contributed by atoms with van der Waals surface area (Å²) < 4.78 is 13.2. The average Bonchev–Trinajstić information content (AvgIpc) is 2.34. The van der Waals surface area contributed by atoms with E-state index < -0.39 is 0 Å². The second-order valence-electron chi connectivity index (χ2n) is 4.27. The number of benzene rings is 1. The van der Waals surface area contributed by atoms with Gasteiger partial charge in [0.15, 0.2) is 0 Å². The van der Waals surface area contributed by atoms with E-state index in [1.54, 1.807) is 6.07 Å². The summed E-state index contributed by atoms with van der Waals surface area (Å²) in [4.78, 5) is 2.33. The van der Waals surface area contributed by atoms with E-state index in [4.69, 9.17) is 18.0 Å². The van der Waals surface area contributed by atoms with Gasteiger partial charge in [-0.15, -0.1) is 0 Å². The fourth-order valence-electron chi connectivity index (χ4n) is 1.73. The predicted octanol–water partition coefficient (Wildman–Crippen LogP) is 3.04. The minimum Gasteiger partial charge on any atom is -0.389 e. The van der Waals surface area contributed by atoms with Gasteiger partial charge in [0.2, 0.25) is 0 Å². The Morgan fingerprint density at radius 2 is 2.22 bits per heavy atom. The van der Waals surface area contributed by atoms with Gasteiger partial charge >= 0.3 is 0 Å². The number of halogens is 1. The predicted molar refractivity (Wildman–Crippen MR) is 83.2 cm³/mol. The summed E-state index contributed by atoms with van der Waals surface area (Å²) >= 11 is 6.80. The monoisotopic (exact) mass is 286 g/mol. The van der Waals surface area contributed by atoms with Crippen LogP contribution in [0.15, 0.2) is 18.2 Å². The van der Waals surface area contributed by atoms with Crippen LogP contribution in [0.3, 0.4) is 0 Å². The number of nitrogens with zero attached hydrogens (tertiary/aromatic N) is 1. The van der Waals surface area contributed by atoms with Crippen LogP contribution in [0.4, 0.5) is 10.1 Å². The Bertz CT molecular complexity index is 423. The van der Waals surface area contributed by atoms with Crippen LogP contribution in [-0.2, 0) is 0 Å². The molecule has 0 bridgehead atoms. The molecular weight excluding hydrogens is 267 g/mol. The van der Waals surface area contributed by atoms with Crippen molar-refractivity contribution in [3.63, 3.8) is 0 Å². The second kappa shape index (κ2) is 6.95. The van der Waals surface area contributed by atoms with Crippen molar-refractivity contribution in [1.29, 1.82) is 0 Å². The summed E-state index contributed by atoms with van der Waals surface area (Å²) in [7, 11) is 1.99. The maximum absolute atomic E-state index is 13.2. The van der Waals surface area contributed by atoms with E-state index in [1.807, 2.05) is 18.8 Å². The summed E-state index contributed by atoms with van der Waals surface area (Å²) in [5.74, 6) is 0.779. The normalized spacial score (nSPS) is 12.2. The van der Waals surface area contributed by atoms with Crippen LogP contribution in [0.5, 0.6) is 0 Å². The van der Waals surface area contributed by atoms with Crippen LogP contribution < -0.4 is 10.6 Å². The molecule has 0 saturated carbocycles. The first-order chi connectivity index (χ1) is 8.47. The topological polar surface area (TPSA) is 29.3 Å². The third-order valence-electron chi connectivity index (χ3n) is 3.00. The summed E-state index contributed by atoms with van der Waals surface area (Å²) in [5, 5.41) is 0. The lowest BCUT2D eigenvalue weighted by atomic mass is 10.1. The minimum absolute atomic E-state index is 0.230. The van der Waals surface area contributed by atoms with Crippen LogP contribution in [0, 0.1) is 5.82 Å². The van der Waals surface area contributed by atoms with Crippen molar-refractivity contribution in [2.75, 3.05) is 24.0 Å². The Morgan fingerprint density at radius 3 is 2.78 bits per heavy atom. The van der Waals surface area contributed by atoms with E-state index in [0.29, 0.717) is 11.6 Å². The highest BCUT2D eigenvalue weighted by atomic mass is 32.2.